The van der Waals surface area contributed by atoms with Crippen LogP contribution in [-0.4, -0.2) is 26.4 Å². The zero-order valence-electron chi connectivity index (χ0n) is 13.5. The molecule has 1 heterocycles. The van der Waals surface area contributed by atoms with Crippen molar-refractivity contribution in [2.45, 2.75) is 5.16 Å². The van der Waals surface area contributed by atoms with E-state index in [2.05, 4.69) is 15.5 Å². The maximum absolute atomic E-state index is 13.9. The number of carbonyl (C=O) groups excluding carboxylic acids is 1. The summed E-state index contributed by atoms with van der Waals surface area (Å²) in [4.78, 5) is 12.1. The number of carbonyl (C=O) groups is 1. The molecule has 0 aliphatic rings. The van der Waals surface area contributed by atoms with Crippen LogP contribution in [0.3, 0.4) is 0 Å². The molecule has 0 unspecified atom stereocenters. The smallest absolute Gasteiger partial charge is 0.234 e. The third kappa shape index (κ3) is 4.17. The second-order valence-electron chi connectivity index (χ2n) is 5.31. The van der Waals surface area contributed by atoms with Gasteiger partial charge in [-0.3, -0.25) is 4.79 Å². The van der Waals surface area contributed by atoms with Crippen LogP contribution in [-0.2, 0) is 11.8 Å². The molecule has 0 radical (unpaired) electrons. The minimum Gasteiger partial charge on any atom is -0.324 e. The molecule has 1 N–H and O–H groups in total. The summed E-state index contributed by atoms with van der Waals surface area (Å²) >= 11 is 13.1. The van der Waals surface area contributed by atoms with E-state index in [0.717, 1.165) is 0 Å². The van der Waals surface area contributed by atoms with E-state index in [4.69, 9.17) is 23.2 Å². The number of anilines is 1. The second kappa shape index (κ2) is 8.07. The minimum atomic E-state index is -0.380. The standard InChI is InChI=1S/C17H13Cl2FN4OS/c1-24-16(11-4-2-3-5-13(11)20)22-23-17(24)26-9-15(25)21-14-7-6-10(18)8-12(14)19/h2-8H,9H2,1H3,(H,21,25). The summed E-state index contributed by atoms with van der Waals surface area (Å²) in [6.07, 6.45) is 0. The summed E-state index contributed by atoms with van der Waals surface area (Å²) in [5.41, 5.74) is 0.832. The summed E-state index contributed by atoms with van der Waals surface area (Å²) in [7, 11) is 1.72. The zero-order valence-corrected chi connectivity index (χ0v) is 15.9. The normalized spacial score (nSPS) is 10.8. The first kappa shape index (κ1) is 18.7. The quantitative estimate of drug-likeness (QED) is 0.621. The molecule has 9 heteroatoms. The van der Waals surface area contributed by atoms with Crippen molar-refractivity contribution in [2.75, 3.05) is 11.1 Å². The van der Waals surface area contributed by atoms with Gasteiger partial charge in [0.05, 0.1) is 22.0 Å². The van der Waals surface area contributed by atoms with Crippen LogP contribution in [0.5, 0.6) is 0 Å². The molecule has 134 valence electrons. The van der Waals surface area contributed by atoms with Crippen molar-refractivity contribution in [1.29, 1.82) is 0 Å². The second-order valence-corrected chi connectivity index (χ2v) is 7.09. The van der Waals surface area contributed by atoms with Gasteiger partial charge in [-0.2, -0.15) is 0 Å². The molecule has 5 nitrogen and oxygen atoms in total. The molecule has 1 amide bonds. The molecular weight excluding hydrogens is 398 g/mol. The lowest BCUT2D eigenvalue weighted by molar-refractivity contribution is -0.113. The lowest BCUT2D eigenvalue weighted by atomic mass is 10.2. The number of hydrogen-bond acceptors (Lipinski definition) is 4. The Balaban J connectivity index is 1.67. The fraction of sp³-hybridized carbons (Fsp3) is 0.118. The van der Waals surface area contributed by atoms with Gasteiger partial charge < -0.3 is 9.88 Å². The number of hydrogen-bond donors (Lipinski definition) is 1. The Kier molecular flexibility index (Phi) is 5.80. The van der Waals surface area contributed by atoms with E-state index in [1.54, 1.807) is 48.0 Å². The predicted octanol–water partition coefficient (Wildman–Crippen LogP) is 4.66. The third-order valence-electron chi connectivity index (χ3n) is 3.49. The van der Waals surface area contributed by atoms with Gasteiger partial charge in [-0.05, 0) is 30.3 Å². The lowest BCUT2D eigenvalue weighted by Crippen LogP contribution is -2.14. The largest absolute Gasteiger partial charge is 0.324 e. The third-order valence-corrected chi connectivity index (χ3v) is 5.06. The monoisotopic (exact) mass is 410 g/mol. The summed E-state index contributed by atoms with van der Waals surface area (Å²) in [6.45, 7) is 0. The number of benzene rings is 2. The summed E-state index contributed by atoms with van der Waals surface area (Å²) < 4.78 is 15.6. The molecule has 2 aromatic carbocycles. The van der Waals surface area contributed by atoms with Crippen LogP contribution in [0.25, 0.3) is 11.4 Å². The number of aromatic nitrogens is 3. The van der Waals surface area contributed by atoms with Gasteiger partial charge in [0, 0.05) is 12.1 Å². The van der Waals surface area contributed by atoms with Crippen LogP contribution >= 0.6 is 35.0 Å². The fourth-order valence-electron chi connectivity index (χ4n) is 2.22. The van der Waals surface area contributed by atoms with E-state index < -0.39 is 0 Å². The van der Waals surface area contributed by atoms with E-state index in [1.807, 2.05) is 0 Å². The predicted molar refractivity (Wildman–Crippen MR) is 102 cm³/mol. The molecule has 3 aromatic rings. The van der Waals surface area contributed by atoms with E-state index in [9.17, 15) is 9.18 Å². The molecule has 1 aromatic heterocycles. The van der Waals surface area contributed by atoms with E-state index >= 15 is 0 Å². The highest BCUT2D eigenvalue weighted by atomic mass is 35.5. The van der Waals surface area contributed by atoms with Crippen LogP contribution in [0.15, 0.2) is 47.6 Å². The molecule has 0 aliphatic carbocycles. The van der Waals surface area contributed by atoms with Crippen LogP contribution < -0.4 is 5.32 Å². The van der Waals surface area contributed by atoms with E-state index in [1.165, 1.54) is 17.8 Å². The number of nitrogens with zero attached hydrogens (tertiary/aromatic N) is 3. The van der Waals surface area contributed by atoms with E-state index in [0.29, 0.717) is 32.3 Å². The highest BCUT2D eigenvalue weighted by Crippen LogP contribution is 2.27. The molecule has 0 fully saturated rings. The molecule has 26 heavy (non-hydrogen) atoms. The summed E-state index contributed by atoms with van der Waals surface area (Å²) in [5, 5.41) is 12.1. The summed E-state index contributed by atoms with van der Waals surface area (Å²) in [5.74, 6) is -0.140. The highest BCUT2D eigenvalue weighted by Gasteiger charge is 2.15. The van der Waals surface area contributed by atoms with Gasteiger partial charge in [0.1, 0.15) is 5.82 Å². The van der Waals surface area contributed by atoms with Crippen molar-refractivity contribution in [3.63, 3.8) is 0 Å². The van der Waals surface area contributed by atoms with Gasteiger partial charge >= 0.3 is 0 Å². The van der Waals surface area contributed by atoms with Crippen molar-refractivity contribution in [1.82, 2.24) is 14.8 Å². The Bertz CT molecular complexity index is 964. The average molecular weight is 411 g/mol. The number of thioether (sulfide) groups is 1. The van der Waals surface area contributed by atoms with Crippen molar-refractivity contribution >= 4 is 46.6 Å². The van der Waals surface area contributed by atoms with Crippen molar-refractivity contribution in [2.24, 2.45) is 7.05 Å². The number of rotatable bonds is 5. The van der Waals surface area contributed by atoms with Gasteiger partial charge in [0.2, 0.25) is 5.91 Å². The van der Waals surface area contributed by atoms with Crippen molar-refractivity contribution < 1.29 is 9.18 Å². The summed E-state index contributed by atoms with van der Waals surface area (Å²) in [6, 6.07) is 11.1. The lowest BCUT2D eigenvalue weighted by Gasteiger charge is -2.07. The first-order valence-corrected chi connectivity index (χ1v) is 9.22. The fourth-order valence-corrected chi connectivity index (χ4v) is 3.39. The molecule has 3 rings (SSSR count). The maximum Gasteiger partial charge on any atom is 0.234 e. The number of nitrogens with one attached hydrogen (secondary N) is 1. The van der Waals surface area contributed by atoms with Crippen LogP contribution in [0.4, 0.5) is 10.1 Å². The molecule has 0 spiro atoms. The molecule has 0 aliphatic heterocycles. The average Bonchev–Trinajstić information content (AvgIpc) is 2.97. The van der Waals surface area contributed by atoms with Crippen molar-refractivity contribution in [3.05, 3.63) is 58.3 Å². The molecular formula is C17H13Cl2FN4OS. The first-order valence-electron chi connectivity index (χ1n) is 7.47. The van der Waals surface area contributed by atoms with Gasteiger partial charge in [-0.15, -0.1) is 10.2 Å². The SMILES string of the molecule is Cn1c(SCC(=O)Nc2ccc(Cl)cc2Cl)nnc1-c1ccccc1F. The van der Waals surface area contributed by atoms with Crippen LogP contribution in [0.1, 0.15) is 0 Å². The maximum atomic E-state index is 13.9. The Morgan fingerprint density at radius 2 is 2.00 bits per heavy atom. The number of amides is 1. The van der Waals surface area contributed by atoms with Crippen molar-refractivity contribution in [3.8, 4) is 11.4 Å². The van der Waals surface area contributed by atoms with E-state index in [-0.39, 0.29) is 17.5 Å². The highest BCUT2D eigenvalue weighted by molar-refractivity contribution is 7.99. The Hall–Kier alpha value is -2.09. The Labute approximate surface area is 163 Å². The molecule has 0 bridgehead atoms. The topological polar surface area (TPSA) is 59.8 Å². The van der Waals surface area contributed by atoms with Gasteiger partial charge in [-0.1, -0.05) is 47.1 Å². The molecule has 0 saturated carbocycles. The first-order chi connectivity index (χ1) is 12.5. The van der Waals surface area contributed by atoms with Crippen LogP contribution in [0.2, 0.25) is 10.0 Å². The molecule has 0 atom stereocenters. The molecule has 0 saturated heterocycles. The minimum absolute atomic E-state index is 0.0994. The van der Waals surface area contributed by atoms with Crippen LogP contribution in [0, 0.1) is 5.82 Å². The van der Waals surface area contributed by atoms with Gasteiger partial charge in [0.15, 0.2) is 11.0 Å². The van der Waals surface area contributed by atoms with Gasteiger partial charge in [0.25, 0.3) is 0 Å². The zero-order chi connectivity index (χ0) is 18.7. The van der Waals surface area contributed by atoms with Gasteiger partial charge in [-0.25, -0.2) is 4.39 Å². The Morgan fingerprint density at radius 1 is 1.23 bits per heavy atom. The number of halogens is 3. The Morgan fingerprint density at radius 3 is 2.73 bits per heavy atom.